The Kier molecular flexibility index (Phi) is 4.87. The molecule has 0 saturated carbocycles. The maximum absolute atomic E-state index is 9.05. The lowest BCUT2D eigenvalue weighted by Gasteiger charge is -2.25. The number of hydrogen-bond acceptors (Lipinski definition) is 4. The Bertz CT molecular complexity index is 645. The Morgan fingerprint density at radius 3 is 3.18 bits per heavy atom. The van der Waals surface area contributed by atoms with E-state index in [9.17, 15) is 0 Å². The van der Waals surface area contributed by atoms with Crippen molar-refractivity contribution in [3.63, 3.8) is 0 Å². The minimum Gasteiger partial charge on any atom is -0.497 e. The van der Waals surface area contributed by atoms with Gasteiger partial charge in [-0.25, -0.2) is 0 Å². The highest BCUT2D eigenvalue weighted by Crippen LogP contribution is 2.31. The number of rotatable bonds is 3. The summed E-state index contributed by atoms with van der Waals surface area (Å²) in [6.45, 7) is 3.04. The second kappa shape index (κ2) is 7.04. The highest BCUT2D eigenvalue weighted by molar-refractivity contribution is 7.99. The first kappa shape index (κ1) is 15.2. The maximum atomic E-state index is 9.05. The van der Waals surface area contributed by atoms with E-state index in [1.807, 2.05) is 23.9 Å². The van der Waals surface area contributed by atoms with Crippen LogP contribution in [0.5, 0.6) is 5.75 Å². The van der Waals surface area contributed by atoms with Gasteiger partial charge in [0.25, 0.3) is 0 Å². The summed E-state index contributed by atoms with van der Waals surface area (Å²) in [6.07, 6.45) is 7.19. The third-order valence-electron chi connectivity index (χ3n) is 4.10. The van der Waals surface area contributed by atoms with Crippen molar-refractivity contribution >= 4 is 11.8 Å². The quantitative estimate of drug-likeness (QED) is 0.854. The summed E-state index contributed by atoms with van der Waals surface area (Å²) in [6, 6.07) is 8.60. The summed E-state index contributed by atoms with van der Waals surface area (Å²) < 4.78 is 5.35. The lowest BCUT2D eigenvalue weighted by atomic mass is 9.96. The third-order valence-corrected chi connectivity index (χ3v) is 5.20. The van der Waals surface area contributed by atoms with E-state index in [0.717, 1.165) is 43.1 Å². The molecule has 0 fully saturated rings. The predicted octanol–water partition coefficient (Wildman–Crippen LogP) is 3.63. The average Bonchev–Trinajstić information content (AvgIpc) is 2.75. The summed E-state index contributed by atoms with van der Waals surface area (Å²) in [4.78, 5) is 3.85. The molecule has 3 rings (SSSR count). The third kappa shape index (κ3) is 3.55. The molecule has 3 nitrogen and oxygen atoms in total. The van der Waals surface area contributed by atoms with Crippen molar-refractivity contribution in [1.29, 1.82) is 5.26 Å². The molecule has 1 unspecified atom stereocenters. The Hall–Kier alpha value is -1.70. The molecule has 1 heterocycles. The second-order valence-electron chi connectivity index (χ2n) is 5.69. The Labute approximate surface area is 136 Å². The van der Waals surface area contributed by atoms with Crippen LogP contribution in [-0.2, 0) is 6.54 Å². The summed E-state index contributed by atoms with van der Waals surface area (Å²) >= 11 is 1.92. The van der Waals surface area contributed by atoms with Gasteiger partial charge in [0.15, 0.2) is 0 Å². The van der Waals surface area contributed by atoms with Gasteiger partial charge in [0.05, 0.1) is 13.2 Å². The summed E-state index contributed by atoms with van der Waals surface area (Å²) in [5.74, 6) is 2.47. The monoisotopic (exact) mass is 312 g/mol. The minimum absolute atomic E-state index is 0.441. The summed E-state index contributed by atoms with van der Waals surface area (Å²) in [7, 11) is 1.71. The molecule has 2 aliphatic rings. The molecule has 0 saturated heterocycles. The highest BCUT2D eigenvalue weighted by atomic mass is 32.2. The zero-order valence-corrected chi connectivity index (χ0v) is 13.6. The molecule has 1 aliphatic heterocycles. The molecular weight excluding hydrogens is 292 g/mol. The van der Waals surface area contributed by atoms with Crippen molar-refractivity contribution in [3.8, 4) is 11.8 Å². The largest absolute Gasteiger partial charge is 0.497 e. The molecule has 114 valence electrons. The molecule has 4 heteroatoms. The van der Waals surface area contributed by atoms with Gasteiger partial charge in [-0.3, -0.25) is 4.90 Å². The van der Waals surface area contributed by atoms with Crippen LogP contribution < -0.4 is 4.74 Å². The topological polar surface area (TPSA) is 36.3 Å². The van der Waals surface area contributed by atoms with E-state index in [0.29, 0.717) is 5.92 Å². The van der Waals surface area contributed by atoms with Gasteiger partial charge < -0.3 is 4.74 Å². The molecule has 0 bridgehead atoms. The van der Waals surface area contributed by atoms with Crippen LogP contribution in [0, 0.1) is 17.2 Å². The van der Waals surface area contributed by atoms with Crippen LogP contribution in [0.3, 0.4) is 0 Å². The van der Waals surface area contributed by atoms with Crippen molar-refractivity contribution in [3.05, 3.63) is 47.6 Å². The van der Waals surface area contributed by atoms with Gasteiger partial charge in [-0.1, -0.05) is 12.2 Å². The zero-order valence-electron chi connectivity index (χ0n) is 12.8. The fourth-order valence-corrected chi connectivity index (χ4v) is 4.03. The first-order valence-electron chi connectivity index (χ1n) is 7.59. The van der Waals surface area contributed by atoms with Crippen molar-refractivity contribution in [2.45, 2.75) is 17.9 Å². The van der Waals surface area contributed by atoms with Gasteiger partial charge >= 0.3 is 0 Å². The predicted molar refractivity (Wildman–Crippen MR) is 89.9 cm³/mol. The molecule has 0 amide bonds. The summed E-state index contributed by atoms with van der Waals surface area (Å²) in [5.41, 5.74) is 2.14. The normalized spacial score (nSPS) is 21.5. The number of fused-ring (bicyclic) bond motifs is 1. The number of allylic oxidation sites excluding steroid dienone is 3. The smallest absolute Gasteiger partial charge is 0.119 e. The van der Waals surface area contributed by atoms with E-state index < -0.39 is 0 Å². The number of nitrogens with zero attached hydrogens (tertiary/aromatic N) is 2. The average molecular weight is 312 g/mol. The van der Waals surface area contributed by atoms with Crippen molar-refractivity contribution in [1.82, 2.24) is 4.90 Å². The molecule has 0 aromatic heterocycles. The Morgan fingerprint density at radius 1 is 1.45 bits per heavy atom. The van der Waals surface area contributed by atoms with E-state index >= 15 is 0 Å². The molecular formula is C18H20N2OS. The van der Waals surface area contributed by atoms with E-state index in [1.54, 1.807) is 7.11 Å². The van der Waals surface area contributed by atoms with Gasteiger partial charge in [0.2, 0.25) is 0 Å². The maximum Gasteiger partial charge on any atom is 0.119 e. The van der Waals surface area contributed by atoms with Crippen LogP contribution in [0.4, 0.5) is 0 Å². The molecule has 1 aromatic rings. The van der Waals surface area contributed by atoms with Crippen LogP contribution in [-0.4, -0.2) is 30.9 Å². The van der Waals surface area contributed by atoms with Crippen LogP contribution in [0.15, 0.2) is 46.9 Å². The standard InChI is InChI=1S/C18H20N2OS/c1-21-17-5-6-18-16(10-17)13-20(7-8-22-18)12-15-4-2-3-14(9-15)11-19/h2-3,5-6,9-10,15H,4,7-8,12-13H2,1H3. The lowest BCUT2D eigenvalue weighted by molar-refractivity contribution is 0.254. The van der Waals surface area contributed by atoms with Crippen LogP contribution in [0.2, 0.25) is 0 Å². The van der Waals surface area contributed by atoms with Gasteiger partial charge in [-0.15, -0.1) is 11.8 Å². The van der Waals surface area contributed by atoms with Gasteiger partial charge in [-0.05, 0) is 42.2 Å². The molecule has 1 aromatic carbocycles. The van der Waals surface area contributed by atoms with Crippen molar-refractivity contribution in [2.24, 2.45) is 5.92 Å². The van der Waals surface area contributed by atoms with Crippen LogP contribution >= 0.6 is 11.8 Å². The first-order valence-corrected chi connectivity index (χ1v) is 8.57. The number of thioether (sulfide) groups is 1. The van der Waals surface area contributed by atoms with E-state index in [2.05, 4.69) is 35.3 Å². The molecule has 22 heavy (non-hydrogen) atoms. The van der Waals surface area contributed by atoms with Crippen LogP contribution in [0.25, 0.3) is 0 Å². The minimum atomic E-state index is 0.441. The van der Waals surface area contributed by atoms with Gasteiger partial charge in [-0.2, -0.15) is 5.26 Å². The first-order chi connectivity index (χ1) is 10.8. The number of hydrogen-bond donors (Lipinski definition) is 0. The number of ether oxygens (including phenoxy) is 1. The zero-order chi connectivity index (χ0) is 15.4. The van der Waals surface area contributed by atoms with E-state index in [4.69, 9.17) is 10.00 Å². The molecule has 1 atom stereocenters. The van der Waals surface area contributed by atoms with Crippen molar-refractivity contribution in [2.75, 3.05) is 26.0 Å². The lowest BCUT2D eigenvalue weighted by Crippen LogP contribution is -2.30. The molecule has 0 N–H and O–H groups in total. The highest BCUT2D eigenvalue weighted by Gasteiger charge is 2.19. The van der Waals surface area contributed by atoms with E-state index in [-0.39, 0.29) is 0 Å². The summed E-state index contributed by atoms with van der Waals surface area (Å²) in [5, 5.41) is 9.05. The van der Waals surface area contributed by atoms with Gasteiger partial charge in [0.1, 0.15) is 5.75 Å². The SMILES string of the molecule is COc1ccc2c(c1)CN(CC1C=C(C#N)C=CC1)CCS2. The number of methoxy groups -OCH3 is 1. The number of benzene rings is 1. The molecule has 0 spiro atoms. The second-order valence-corrected chi connectivity index (χ2v) is 6.83. The fourth-order valence-electron chi connectivity index (χ4n) is 2.99. The van der Waals surface area contributed by atoms with E-state index in [1.165, 1.54) is 10.5 Å². The van der Waals surface area contributed by atoms with Crippen molar-refractivity contribution < 1.29 is 4.74 Å². The van der Waals surface area contributed by atoms with Crippen LogP contribution in [0.1, 0.15) is 12.0 Å². The number of nitriles is 1. The Morgan fingerprint density at radius 2 is 2.36 bits per heavy atom. The molecule has 1 aliphatic carbocycles. The fraction of sp³-hybridized carbons (Fsp3) is 0.389. The molecule has 0 radical (unpaired) electrons. The Balaban J connectivity index is 1.72. The van der Waals surface area contributed by atoms with Gasteiger partial charge in [0, 0.05) is 35.9 Å².